The average Bonchev–Trinajstić information content (AvgIpc) is 2.91. The van der Waals surface area contributed by atoms with Crippen LogP contribution in [0.2, 0.25) is 0 Å². The Kier molecular flexibility index (Phi) is 4.25. The second kappa shape index (κ2) is 6.10. The van der Waals surface area contributed by atoms with Gasteiger partial charge in [-0.3, -0.25) is 9.89 Å². The number of nitrogens with one attached hydrogen (secondary N) is 1. The van der Waals surface area contributed by atoms with Gasteiger partial charge in [-0.25, -0.2) is 4.98 Å². The van der Waals surface area contributed by atoms with Gasteiger partial charge < -0.3 is 10.6 Å². The molecule has 2 aromatic rings. The highest BCUT2D eigenvalue weighted by Gasteiger charge is 2.19. The van der Waals surface area contributed by atoms with Gasteiger partial charge in [0, 0.05) is 7.05 Å². The van der Waals surface area contributed by atoms with Gasteiger partial charge in [0.25, 0.3) is 0 Å². The lowest BCUT2D eigenvalue weighted by Gasteiger charge is -2.20. The highest BCUT2D eigenvalue weighted by atomic mass is 16.2. The molecule has 19 heavy (non-hydrogen) atoms. The van der Waals surface area contributed by atoms with Crippen LogP contribution in [-0.2, 0) is 17.8 Å². The minimum atomic E-state index is -0.546. The Balaban J connectivity index is 1.91. The quantitative estimate of drug-likeness (QED) is 0.810. The molecule has 1 aromatic carbocycles. The topological polar surface area (TPSA) is 87.9 Å². The summed E-state index contributed by atoms with van der Waals surface area (Å²) in [5.74, 6) is 0.531. The molecule has 1 aromatic heterocycles. The third-order valence-corrected chi connectivity index (χ3v) is 2.84. The van der Waals surface area contributed by atoms with Crippen LogP contribution in [0, 0.1) is 0 Å². The van der Waals surface area contributed by atoms with Crippen LogP contribution in [-0.4, -0.2) is 39.1 Å². The number of rotatable bonds is 5. The van der Waals surface area contributed by atoms with Gasteiger partial charge >= 0.3 is 0 Å². The molecule has 0 aliphatic rings. The van der Waals surface area contributed by atoms with Crippen LogP contribution in [0.4, 0.5) is 0 Å². The minimum absolute atomic E-state index is 0.111. The van der Waals surface area contributed by atoms with Crippen molar-refractivity contribution in [2.24, 2.45) is 5.73 Å². The first-order valence-electron chi connectivity index (χ1n) is 6.05. The molecule has 0 spiro atoms. The van der Waals surface area contributed by atoms with E-state index in [1.165, 1.54) is 6.33 Å². The molecule has 0 aliphatic carbocycles. The van der Waals surface area contributed by atoms with Crippen molar-refractivity contribution in [1.29, 1.82) is 0 Å². The molecule has 1 amide bonds. The van der Waals surface area contributed by atoms with Gasteiger partial charge in [0.15, 0.2) is 0 Å². The lowest BCUT2D eigenvalue weighted by molar-refractivity contribution is -0.131. The Morgan fingerprint density at radius 3 is 2.79 bits per heavy atom. The van der Waals surface area contributed by atoms with Crippen molar-refractivity contribution in [3.8, 4) is 0 Å². The molecule has 6 heteroatoms. The first-order valence-corrected chi connectivity index (χ1v) is 6.05. The molecular formula is C13H17N5O. The van der Waals surface area contributed by atoms with Crippen LogP contribution in [0.3, 0.4) is 0 Å². The Morgan fingerprint density at radius 2 is 2.16 bits per heavy atom. The largest absolute Gasteiger partial charge is 0.337 e. The van der Waals surface area contributed by atoms with Crippen molar-refractivity contribution in [2.75, 3.05) is 7.05 Å². The zero-order valence-electron chi connectivity index (χ0n) is 10.8. The number of amides is 1. The van der Waals surface area contributed by atoms with Gasteiger partial charge in [-0.2, -0.15) is 5.10 Å². The minimum Gasteiger partial charge on any atom is -0.337 e. The molecule has 2 rings (SSSR count). The number of benzene rings is 1. The number of aromatic amines is 1. The van der Waals surface area contributed by atoms with Crippen LogP contribution in [0.15, 0.2) is 36.7 Å². The Labute approximate surface area is 111 Å². The summed E-state index contributed by atoms with van der Waals surface area (Å²) >= 11 is 0. The predicted octanol–water partition coefficient (Wildman–Crippen LogP) is 0.333. The fourth-order valence-electron chi connectivity index (χ4n) is 1.85. The summed E-state index contributed by atoms with van der Waals surface area (Å²) in [5, 5.41) is 6.46. The first kappa shape index (κ1) is 13.2. The molecule has 1 atom stereocenters. The molecule has 0 saturated carbocycles. The van der Waals surface area contributed by atoms with Gasteiger partial charge in [-0.1, -0.05) is 30.3 Å². The molecule has 1 heterocycles. The summed E-state index contributed by atoms with van der Waals surface area (Å²) in [6, 6.07) is 9.19. The molecule has 1 unspecified atom stereocenters. The highest BCUT2D eigenvalue weighted by molar-refractivity contribution is 5.81. The summed E-state index contributed by atoms with van der Waals surface area (Å²) < 4.78 is 0. The van der Waals surface area contributed by atoms with E-state index in [0.717, 1.165) is 5.56 Å². The van der Waals surface area contributed by atoms with Crippen molar-refractivity contribution >= 4 is 5.91 Å². The van der Waals surface area contributed by atoms with Crippen molar-refractivity contribution in [1.82, 2.24) is 20.1 Å². The van der Waals surface area contributed by atoms with Gasteiger partial charge in [-0.15, -0.1) is 0 Å². The van der Waals surface area contributed by atoms with E-state index in [4.69, 9.17) is 5.73 Å². The molecular weight excluding hydrogens is 242 g/mol. The number of nitrogens with two attached hydrogens (primary N) is 1. The summed E-state index contributed by atoms with van der Waals surface area (Å²) in [7, 11) is 1.70. The maximum absolute atomic E-state index is 12.1. The molecule has 3 N–H and O–H groups in total. The van der Waals surface area contributed by atoms with E-state index < -0.39 is 6.04 Å². The number of aromatic nitrogens is 3. The smallest absolute Gasteiger partial charge is 0.239 e. The van der Waals surface area contributed by atoms with Gasteiger partial charge in [0.1, 0.15) is 12.2 Å². The van der Waals surface area contributed by atoms with E-state index in [-0.39, 0.29) is 5.91 Å². The number of H-pyrrole nitrogens is 1. The lowest BCUT2D eigenvalue weighted by atomic mass is 10.1. The van der Waals surface area contributed by atoms with Crippen LogP contribution in [0.5, 0.6) is 0 Å². The summed E-state index contributed by atoms with van der Waals surface area (Å²) in [6.07, 6.45) is 1.94. The molecule has 0 aliphatic heterocycles. The Bertz CT molecular complexity index is 511. The van der Waals surface area contributed by atoms with Crippen LogP contribution >= 0.6 is 0 Å². The van der Waals surface area contributed by atoms with Gasteiger partial charge in [-0.05, 0) is 12.0 Å². The second-order valence-electron chi connectivity index (χ2n) is 4.42. The molecule has 0 saturated heterocycles. The van der Waals surface area contributed by atoms with E-state index in [1.54, 1.807) is 11.9 Å². The normalized spacial score (nSPS) is 12.1. The average molecular weight is 259 g/mol. The maximum Gasteiger partial charge on any atom is 0.239 e. The third kappa shape index (κ3) is 3.62. The molecule has 0 bridgehead atoms. The molecule has 0 radical (unpaired) electrons. The van der Waals surface area contributed by atoms with E-state index in [9.17, 15) is 4.79 Å². The zero-order valence-corrected chi connectivity index (χ0v) is 10.8. The summed E-state index contributed by atoms with van der Waals surface area (Å²) in [5.41, 5.74) is 6.99. The van der Waals surface area contributed by atoms with Crippen molar-refractivity contribution < 1.29 is 4.79 Å². The Hall–Kier alpha value is -2.21. The zero-order chi connectivity index (χ0) is 13.7. The van der Waals surface area contributed by atoms with Crippen molar-refractivity contribution in [3.63, 3.8) is 0 Å². The number of hydrogen-bond donors (Lipinski definition) is 2. The number of nitrogens with zero attached hydrogens (tertiary/aromatic N) is 3. The number of hydrogen-bond acceptors (Lipinski definition) is 4. The van der Waals surface area contributed by atoms with E-state index in [2.05, 4.69) is 15.2 Å². The third-order valence-electron chi connectivity index (χ3n) is 2.84. The molecule has 6 nitrogen and oxygen atoms in total. The second-order valence-corrected chi connectivity index (χ2v) is 4.42. The fraction of sp³-hybridized carbons (Fsp3) is 0.308. The number of carbonyl (C=O) groups is 1. The van der Waals surface area contributed by atoms with Crippen LogP contribution < -0.4 is 5.73 Å². The van der Waals surface area contributed by atoms with E-state index >= 15 is 0 Å². The van der Waals surface area contributed by atoms with Crippen molar-refractivity contribution in [3.05, 3.63) is 48.0 Å². The van der Waals surface area contributed by atoms with Gasteiger partial charge in [0.05, 0.1) is 12.6 Å². The number of likely N-dealkylation sites (N-methyl/N-ethyl adjacent to an activating group) is 1. The van der Waals surface area contributed by atoms with Crippen LogP contribution in [0.25, 0.3) is 0 Å². The van der Waals surface area contributed by atoms with Gasteiger partial charge in [0.2, 0.25) is 5.91 Å². The molecule has 100 valence electrons. The lowest BCUT2D eigenvalue weighted by Crippen LogP contribution is -2.42. The first-order chi connectivity index (χ1) is 9.16. The monoisotopic (exact) mass is 259 g/mol. The van der Waals surface area contributed by atoms with E-state index in [0.29, 0.717) is 18.8 Å². The fourth-order valence-corrected chi connectivity index (χ4v) is 1.85. The molecule has 0 fully saturated rings. The summed E-state index contributed by atoms with van der Waals surface area (Å²) in [4.78, 5) is 17.6. The standard InChI is InChI=1S/C13H17N5O/c1-18(8-12-15-9-16-17-12)13(19)11(14)7-10-5-3-2-4-6-10/h2-6,9,11H,7-8,14H2,1H3,(H,15,16,17). The summed E-state index contributed by atoms with van der Waals surface area (Å²) in [6.45, 7) is 0.376. The SMILES string of the molecule is CN(Cc1ncn[nH]1)C(=O)C(N)Cc1ccccc1. The highest BCUT2D eigenvalue weighted by Crippen LogP contribution is 2.05. The van der Waals surface area contributed by atoms with E-state index in [1.807, 2.05) is 30.3 Å². The predicted molar refractivity (Wildman–Crippen MR) is 71.0 cm³/mol. The Morgan fingerprint density at radius 1 is 1.42 bits per heavy atom. The van der Waals surface area contributed by atoms with Crippen molar-refractivity contribution in [2.45, 2.75) is 19.0 Å². The number of carbonyl (C=O) groups excluding carboxylic acids is 1. The maximum atomic E-state index is 12.1. The van der Waals surface area contributed by atoms with Crippen LogP contribution in [0.1, 0.15) is 11.4 Å².